The van der Waals surface area contributed by atoms with Crippen LogP contribution in [0, 0.1) is 0 Å². The SMILES string of the molecule is CCOc1cc(/C=C/C(=O)c2cnn(C(C)C)c2)ccc1OCC(=O)Nc1ccccc1. The van der Waals surface area contributed by atoms with Crippen LogP contribution in [0.1, 0.15) is 42.7 Å². The number of benzene rings is 2. The third-order valence-corrected chi connectivity index (χ3v) is 4.53. The van der Waals surface area contributed by atoms with Gasteiger partial charge in [0.15, 0.2) is 23.9 Å². The molecule has 1 heterocycles. The van der Waals surface area contributed by atoms with Crippen LogP contribution in [0.15, 0.2) is 67.0 Å². The quantitative estimate of drug-likeness (QED) is 0.368. The molecule has 0 atom stereocenters. The predicted molar refractivity (Wildman–Crippen MR) is 124 cm³/mol. The van der Waals surface area contributed by atoms with Crippen LogP contribution in [0.25, 0.3) is 6.08 Å². The molecule has 166 valence electrons. The van der Waals surface area contributed by atoms with Gasteiger partial charge in [0.25, 0.3) is 5.91 Å². The molecule has 0 aliphatic carbocycles. The molecule has 7 heteroatoms. The molecule has 3 rings (SSSR count). The number of ether oxygens (including phenoxy) is 2. The lowest BCUT2D eigenvalue weighted by atomic mass is 10.1. The Bertz CT molecular complexity index is 1090. The third-order valence-electron chi connectivity index (χ3n) is 4.53. The molecular formula is C25H27N3O4. The van der Waals surface area contributed by atoms with E-state index in [4.69, 9.17) is 9.47 Å². The number of nitrogens with one attached hydrogen (secondary N) is 1. The minimum atomic E-state index is -0.268. The van der Waals surface area contributed by atoms with Gasteiger partial charge in [0.1, 0.15) is 0 Å². The molecule has 0 fully saturated rings. The van der Waals surface area contributed by atoms with Gasteiger partial charge in [-0.2, -0.15) is 5.10 Å². The van der Waals surface area contributed by atoms with Gasteiger partial charge in [-0.25, -0.2) is 0 Å². The smallest absolute Gasteiger partial charge is 0.262 e. The number of anilines is 1. The number of rotatable bonds is 10. The molecule has 0 radical (unpaired) electrons. The first-order valence-electron chi connectivity index (χ1n) is 10.5. The van der Waals surface area contributed by atoms with Gasteiger partial charge in [-0.15, -0.1) is 0 Å². The summed E-state index contributed by atoms with van der Waals surface area (Å²) in [4.78, 5) is 24.6. The molecule has 0 unspecified atom stereocenters. The molecule has 32 heavy (non-hydrogen) atoms. The van der Waals surface area contributed by atoms with Gasteiger partial charge in [-0.3, -0.25) is 14.3 Å². The summed E-state index contributed by atoms with van der Waals surface area (Å²) in [6.45, 7) is 6.16. The Morgan fingerprint density at radius 1 is 1.09 bits per heavy atom. The number of nitrogens with zero attached hydrogens (tertiary/aromatic N) is 2. The highest BCUT2D eigenvalue weighted by molar-refractivity contribution is 6.06. The first kappa shape index (κ1) is 22.8. The van der Waals surface area contributed by atoms with E-state index >= 15 is 0 Å². The van der Waals surface area contributed by atoms with E-state index in [2.05, 4.69) is 10.4 Å². The Morgan fingerprint density at radius 3 is 2.56 bits per heavy atom. The van der Waals surface area contributed by atoms with E-state index in [-0.39, 0.29) is 24.3 Å². The molecule has 0 saturated carbocycles. The summed E-state index contributed by atoms with van der Waals surface area (Å²) in [5.41, 5.74) is 2.01. The average molecular weight is 434 g/mol. The van der Waals surface area contributed by atoms with Crippen molar-refractivity contribution in [3.05, 3.63) is 78.1 Å². The van der Waals surface area contributed by atoms with Crippen LogP contribution < -0.4 is 14.8 Å². The van der Waals surface area contributed by atoms with Crippen molar-refractivity contribution in [3.8, 4) is 11.5 Å². The van der Waals surface area contributed by atoms with Crippen molar-refractivity contribution in [2.45, 2.75) is 26.8 Å². The van der Waals surface area contributed by atoms with E-state index in [1.807, 2.05) is 39.0 Å². The number of aromatic nitrogens is 2. The molecule has 0 bridgehead atoms. The topological polar surface area (TPSA) is 82.4 Å². The van der Waals surface area contributed by atoms with Crippen molar-refractivity contribution < 1.29 is 19.1 Å². The zero-order chi connectivity index (χ0) is 22.9. The van der Waals surface area contributed by atoms with Crippen LogP contribution in [-0.2, 0) is 4.79 Å². The molecular weight excluding hydrogens is 406 g/mol. The normalized spacial score (nSPS) is 11.0. The largest absolute Gasteiger partial charge is 0.490 e. The van der Waals surface area contributed by atoms with Gasteiger partial charge >= 0.3 is 0 Å². The predicted octanol–water partition coefficient (Wildman–Crippen LogP) is 4.78. The van der Waals surface area contributed by atoms with Crippen LogP contribution in [0.3, 0.4) is 0 Å². The first-order valence-corrected chi connectivity index (χ1v) is 10.5. The summed E-state index contributed by atoms with van der Waals surface area (Å²) in [6, 6.07) is 14.7. The molecule has 0 aliphatic heterocycles. The maximum Gasteiger partial charge on any atom is 0.262 e. The van der Waals surface area contributed by atoms with E-state index in [0.717, 1.165) is 5.56 Å². The summed E-state index contributed by atoms with van der Waals surface area (Å²) < 4.78 is 13.1. The number of para-hydroxylation sites is 1. The van der Waals surface area contributed by atoms with Crippen LogP contribution in [0.4, 0.5) is 5.69 Å². The highest BCUT2D eigenvalue weighted by Gasteiger charge is 2.10. The van der Waals surface area contributed by atoms with Crippen molar-refractivity contribution in [3.63, 3.8) is 0 Å². The number of carbonyl (C=O) groups excluding carboxylic acids is 2. The maximum absolute atomic E-state index is 12.4. The van der Waals surface area contributed by atoms with Gasteiger partial charge < -0.3 is 14.8 Å². The van der Waals surface area contributed by atoms with E-state index in [1.54, 1.807) is 53.5 Å². The second-order valence-corrected chi connectivity index (χ2v) is 7.34. The highest BCUT2D eigenvalue weighted by Crippen LogP contribution is 2.29. The second-order valence-electron chi connectivity index (χ2n) is 7.34. The average Bonchev–Trinajstić information content (AvgIpc) is 3.29. The standard InChI is InChI=1S/C25H27N3O4/c1-4-31-24-14-19(10-12-22(29)20-15-26-28(16-20)18(2)3)11-13-23(24)32-17-25(30)27-21-8-6-5-7-9-21/h5-16,18H,4,17H2,1-3H3,(H,27,30)/b12-10+. The van der Waals surface area contributed by atoms with Gasteiger partial charge in [0.2, 0.25) is 0 Å². The Labute approximate surface area is 187 Å². The van der Waals surface area contributed by atoms with Crippen LogP contribution >= 0.6 is 0 Å². The maximum atomic E-state index is 12.4. The summed E-state index contributed by atoms with van der Waals surface area (Å²) in [7, 11) is 0. The van der Waals surface area contributed by atoms with Gasteiger partial charge in [-0.1, -0.05) is 30.3 Å². The van der Waals surface area contributed by atoms with Gasteiger partial charge in [-0.05, 0) is 56.7 Å². The lowest BCUT2D eigenvalue weighted by molar-refractivity contribution is -0.118. The van der Waals surface area contributed by atoms with Crippen molar-refractivity contribution in [2.24, 2.45) is 0 Å². The number of hydrogen-bond acceptors (Lipinski definition) is 5. The lowest BCUT2D eigenvalue weighted by Crippen LogP contribution is -2.20. The summed E-state index contributed by atoms with van der Waals surface area (Å²) in [5, 5.41) is 6.97. The van der Waals surface area contributed by atoms with E-state index in [0.29, 0.717) is 29.4 Å². The Balaban J connectivity index is 1.64. The van der Waals surface area contributed by atoms with Gasteiger partial charge in [0, 0.05) is 17.9 Å². The molecule has 2 aromatic carbocycles. The van der Waals surface area contributed by atoms with E-state index in [1.165, 1.54) is 6.08 Å². The van der Waals surface area contributed by atoms with Gasteiger partial charge in [0.05, 0.1) is 18.4 Å². The highest BCUT2D eigenvalue weighted by atomic mass is 16.5. The Kier molecular flexibility index (Phi) is 7.80. The zero-order valence-corrected chi connectivity index (χ0v) is 18.4. The summed E-state index contributed by atoms with van der Waals surface area (Å²) >= 11 is 0. The molecule has 0 aliphatic rings. The lowest BCUT2D eigenvalue weighted by Gasteiger charge is -2.12. The number of amides is 1. The molecule has 0 saturated heterocycles. The fourth-order valence-corrected chi connectivity index (χ4v) is 2.89. The van der Waals surface area contributed by atoms with Crippen molar-refractivity contribution in [2.75, 3.05) is 18.5 Å². The third kappa shape index (κ3) is 6.31. The van der Waals surface area contributed by atoms with Crippen LogP contribution in [-0.4, -0.2) is 34.7 Å². The summed E-state index contributed by atoms with van der Waals surface area (Å²) in [5.74, 6) is 0.557. The molecule has 1 amide bonds. The Morgan fingerprint density at radius 2 is 1.88 bits per heavy atom. The van der Waals surface area contributed by atoms with Crippen LogP contribution in [0.2, 0.25) is 0 Å². The number of carbonyl (C=O) groups is 2. The molecule has 1 aromatic heterocycles. The van der Waals surface area contributed by atoms with E-state index < -0.39 is 0 Å². The van der Waals surface area contributed by atoms with Crippen molar-refractivity contribution in [1.29, 1.82) is 0 Å². The monoisotopic (exact) mass is 433 g/mol. The Hall–Kier alpha value is -3.87. The number of allylic oxidation sites excluding steroid dienone is 1. The van der Waals surface area contributed by atoms with Crippen LogP contribution in [0.5, 0.6) is 11.5 Å². The molecule has 3 aromatic rings. The summed E-state index contributed by atoms with van der Waals surface area (Å²) in [6.07, 6.45) is 6.51. The molecule has 1 N–H and O–H groups in total. The second kappa shape index (κ2) is 10.9. The number of hydrogen-bond donors (Lipinski definition) is 1. The zero-order valence-electron chi connectivity index (χ0n) is 18.4. The first-order chi connectivity index (χ1) is 15.5. The minimum absolute atomic E-state index is 0.132. The molecule has 7 nitrogen and oxygen atoms in total. The minimum Gasteiger partial charge on any atom is -0.490 e. The fraction of sp³-hybridized carbons (Fsp3) is 0.240. The van der Waals surface area contributed by atoms with Crippen molar-refractivity contribution >= 4 is 23.5 Å². The van der Waals surface area contributed by atoms with Crippen molar-refractivity contribution in [1.82, 2.24) is 9.78 Å². The number of ketones is 1. The van der Waals surface area contributed by atoms with E-state index in [9.17, 15) is 9.59 Å². The molecule has 0 spiro atoms. The fourth-order valence-electron chi connectivity index (χ4n) is 2.89.